The lowest BCUT2D eigenvalue weighted by Gasteiger charge is -2.17. The van der Waals surface area contributed by atoms with E-state index < -0.39 is 5.97 Å². The molecule has 0 saturated heterocycles. The summed E-state index contributed by atoms with van der Waals surface area (Å²) < 4.78 is 0. The number of urea groups is 1. The number of nitrogens with one attached hydrogen (secondary N) is 1. The molecule has 0 spiro atoms. The molecule has 1 aromatic rings. The average molecular weight is 285 g/mol. The molecular weight excluding hydrogens is 268 g/mol. The van der Waals surface area contributed by atoms with Crippen molar-refractivity contribution in [3.05, 3.63) is 34.9 Å². The Hall–Kier alpha value is -1.75. The maximum absolute atomic E-state index is 11.6. The molecule has 19 heavy (non-hydrogen) atoms. The van der Waals surface area contributed by atoms with Gasteiger partial charge in [0.15, 0.2) is 0 Å². The molecule has 1 rings (SSSR count). The number of hydrogen-bond donors (Lipinski definition) is 2. The summed E-state index contributed by atoms with van der Waals surface area (Å²) in [5.74, 6) is -0.927. The second-order valence-electron chi connectivity index (χ2n) is 4.17. The SMILES string of the molecule is CN(CCc1ccc(Cl)cc1)C(=O)NCCC(=O)O. The molecule has 0 aliphatic rings. The highest BCUT2D eigenvalue weighted by atomic mass is 35.5. The van der Waals surface area contributed by atoms with Crippen molar-refractivity contribution in [2.75, 3.05) is 20.1 Å². The lowest BCUT2D eigenvalue weighted by atomic mass is 10.1. The van der Waals surface area contributed by atoms with Gasteiger partial charge in [-0.25, -0.2) is 4.79 Å². The normalized spacial score (nSPS) is 10.0. The summed E-state index contributed by atoms with van der Waals surface area (Å²) in [4.78, 5) is 23.4. The van der Waals surface area contributed by atoms with E-state index in [0.717, 1.165) is 12.0 Å². The summed E-state index contributed by atoms with van der Waals surface area (Å²) in [6.07, 6.45) is 0.650. The van der Waals surface area contributed by atoms with E-state index in [1.54, 1.807) is 7.05 Å². The standard InChI is InChI=1S/C13H17ClN2O3/c1-16(13(19)15-8-6-12(17)18)9-7-10-2-4-11(14)5-3-10/h2-5H,6-9H2,1H3,(H,15,19)(H,17,18). The van der Waals surface area contributed by atoms with Crippen molar-refractivity contribution in [1.82, 2.24) is 10.2 Å². The molecule has 0 saturated carbocycles. The van der Waals surface area contributed by atoms with Crippen LogP contribution in [0.25, 0.3) is 0 Å². The van der Waals surface area contributed by atoms with Crippen LogP contribution in [-0.2, 0) is 11.2 Å². The molecule has 0 aliphatic heterocycles. The van der Waals surface area contributed by atoms with Crippen LogP contribution < -0.4 is 5.32 Å². The molecule has 5 nitrogen and oxygen atoms in total. The van der Waals surface area contributed by atoms with Crippen molar-refractivity contribution in [3.8, 4) is 0 Å². The highest BCUT2D eigenvalue weighted by Gasteiger charge is 2.08. The highest BCUT2D eigenvalue weighted by Crippen LogP contribution is 2.10. The van der Waals surface area contributed by atoms with Crippen molar-refractivity contribution in [3.63, 3.8) is 0 Å². The largest absolute Gasteiger partial charge is 0.481 e. The minimum atomic E-state index is -0.927. The van der Waals surface area contributed by atoms with E-state index in [4.69, 9.17) is 16.7 Å². The van der Waals surface area contributed by atoms with Gasteiger partial charge in [-0.3, -0.25) is 4.79 Å². The maximum atomic E-state index is 11.6. The Morgan fingerprint density at radius 3 is 2.53 bits per heavy atom. The number of halogens is 1. The predicted octanol–water partition coefficient (Wildman–Crippen LogP) is 2.00. The Morgan fingerprint density at radius 2 is 1.95 bits per heavy atom. The summed E-state index contributed by atoms with van der Waals surface area (Å²) >= 11 is 5.79. The number of hydrogen-bond acceptors (Lipinski definition) is 2. The van der Waals surface area contributed by atoms with Gasteiger partial charge in [0.2, 0.25) is 0 Å². The molecule has 2 N–H and O–H groups in total. The van der Waals surface area contributed by atoms with E-state index in [0.29, 0.717) is 11.6 Å². The van der Waals surface area contributed by atoms with E-state index in [-0.39, 0.29) is 19.0 Å². The first-order valence-corrected chi connectivity index (χ1v) is 6.32. The minimum absolute atomic E-state index is 0.0727. The molecule has 0 atom stereocenters. The fourth-order valence-electron chi connectivity index (χ4n) is 1.46. The van der Waals surface area contributed by atoms with Crippen LogP contribution in [0.1, 0.15) is 12.0 Å². The summed E-state index contributed by atoms with van der Waals surface area (Å²) in [6.45, 7) is 0.694. The Kier molecular flexibility index (Phi) is 6.15. The molecule has 6 heteroatoms. The van der Waals surface area contributed by atoms with E-state index in [2.05, 4.69) is 5.32 Å². The molecule has 0 unspecified atom stereocenters. The van der Waals surface area contributed by atoms with Gasteiger partial charge in [0.25, 0.3) is 0 Å². The van der Waals surface area contributed by atoms with Gasteiger partial charge in [-0.05, 0) is 24.1 Å². The van der Waals surface area contributed by atoms with E-state index in [1.165, 1.54) is 4.90 Å². The monoisotopic (exact) mass is 284 g/mol. The summed E-state index contributed by atoms with van der Waals surface area (Å²) in [5, 5.41) is 11.7. The Labute approximate surface area is 117 Å². The quantitative estimate of drug-likeness (QED) is 0.839. The number of carboxylic acid groups (broad SMARTS) is 1. The first kappa shape index (κ1) is 15.3. The summed E-state index contributed by atoms with van der Waals surface area (Å²) in [6, 6.07) is 7.18. The van der Waals surface area contributed by atoms with Crippen molar-refractivity contribution < 1.29 is 14.7 Å². The molecule has 0 aromatic heterocycles. The van der Waals surface area contributed by atoms with Gasteiger partial charge in [-0.15, -0.1) is 0 Å². The van der Waals surface area contributed by atoms with Gasteiger partial charge < -0.3 is 15.3 Å². The fraction of sp³-hybridized carbons (Fsp3) is 0.385. The van der Waals surface area contributed by atoms with E-state index >= 15 is 0 Å². The number of benzene rings is 1. The van der Waals surface area contributed by atoms with Crippen LogP contribution in [0.5, 0.6) is 0 Å². The van der Waals surface area contributed by atoms with Crippen LogP contribution in [0.3, 0.4) is 0 Å². The zero-order chi connectivity index (χ0) is 14.3. The van der Waals surface area contributed by atoms with Crippen molar-refractivity contribution in [2.24, 2.45) is 0 Å². The number of amides is 2. The van der Waals surface area contributed by atoms with Crippen molar-refractivity contribution >= 4 is 23.6 Å². The zero-order valence-electron chi connectivity index (χ0n) is 10.7. The molecular formula is C13H17ClN2O3. The number of rotatable bonds is 6. The molecule has 0 aliphatic carbocycles. The second-order valence-corrected chi connectivity index (χ2v) is 4.61. The first-order valence-electron chi connectivity index (χ1n) is 5.94. The smallest absolute Gasteiger partial charge is 0.317 e. The molecule has 2 amide bonds. The average Bonchev–Trinajstić information content (AvgIpc) is 2.37. The van der Waals surface area contributed by atoms with Crippen molar-refractivity contribution in [1.29, 1.82) is 0 Å². The molecule has 0 bridgehead atoms. The number of nitrogens with zero attached hydrogens (tertiary/aromatic N) is 1. The highest BCUT2D eigenvalue weighted by molar-refractivity contribution is 6.30. The Morgan fingerprint density at radius 1 is 1.32 bits per heavy atom. The van der Waals surface area contributed by atoms with Crippen LogP contribution in [0.15, 0.2) is 24.3 Å². The topological polar surface area (TPSA) is 69.6 Å². The maximum Gasteiger partial charge on any atom is 0.317 e. The lowest BCUT2D eigenvalue weighted by Crippen LogP contribution is -2.39. The lowest BCUT2D eigenvalue weighted by molar-refractivity contribution is -0.136. The number of carboxylic acids is 1. The van der Waals surface area contributed by atoms with E-state index in [1.807, 2.05) is 24.3 Å². The summed E-state index contributed by atoms with van der Waals surface area (Å²) in [5.41, 5.74) is 1.09. The van der Waals surface area contributed by atoms with Gasteiger partial charge >= 0.3 is 12.0 Å². The molecule has 104 valence electrons. The van der Waals surface area contributed by atoms with Gasteiger partial charge in [0.1, 0.15) is 0 Å². The van der Waals surface area contributed by atoms with Gasteiger partial charge in [0.05, 0.1) is 6.42 Å². The second kappa shape index (κ2) is 7.63. The Bertz CT molecular complexity index is 434. The first-order chi connectivity index (χ1) is 8.99. The van der Waals surface area contributed by atoms with Crippen molar-refractivity contribution in [2.45, 2.75) is 12.8 Å². The van der Waals surface area contributed by atoms with E-state index in [9.17, 15) is 9.59 Å². The van der Waals surface area contributed by atoms with Crippen LogP contribution in [0, 0.1) is 0 Å². The minimum Gasteiger partial charge on any atom is -0.481 e. The number of carbonyl (C=O) groups is 2. The third-order valence-electron chi connectivity index (χ3n) is 2.61. The molecule has 0 heterocycles. The van der Waals surface area contributed by atoms with Crippen LogP contribution in [0.4, 0.5) is 4.79 Å². The van der Waals surface area contributed by atoms with Gasteiger partial charge in [0, 0.05) is 25.2 Å². The molecule has 0 fully saturated rings. The third-order valence-corrected chi connectivity index (χ3v) is 2.86. The number of aliphatic carboxylic acids is 1. The number of likely N-dealkylation sites (N-methyl/N-ethyl adjacent to an activating group) is 1. The van der Waals surface area contributed by atoms with Gasteiger partial charge in [-0.2, -0.15) is 0 Å². The third kappa shape index (κ3) is 6.10. The molecule has 0 radical (unpaired) electrons. The van der Waals surface area contributed by atoms with Gasteiger partial charge in [-0.1, -0.05) is 23.7 Å². The zero-order valence-corrected chi connectivity index (χ0v) is 11.5. The number of carbonyl (C=O) groups excluding carboxylic acids is 1. The molecule has 1 aromatic carbocycles. The van der Waals surface area contributed by atoms with Crippen LogP contribution in [-0.4, -0.2) is 42.1 Å². The van der Waals surface area contributed by atoms with Crippen LogP contribution >= 0.6 is 11.6 Å². The Balaban J connectivity index is 2.30. The predicted molar refractivity (Wildman–Crippen MR) is 73.4 cm³/mol. The summed E-state index contributed by atoms with van der Waals surface area (Å²) in [7, 11) is 1.67. The van der Waals surface area contributed by atoms with Crippen LogP contribution in [0.2, 0.25) is 5.02 Å². The fourth-order valence-corrected chi connectivity index (χ4v) is 1.59.